The fourth-order valence-electron chi connectivity index (χ4n) is 2.36. The Kier molecular flexibility index (Phi) is 4.04. The van der Waals surface area contributed by atoms with Gasteiger partial charge in [0.25, 0.3) is 0 Å². The van der Waals surface area contributed by atoms with Crippen molar-refractivity contribution in [2.45, 2.75) is 11.4 Å². The number of rotatable bonds is 5. The Balaban J connectivity index is 1.55. The lowest BCUT2D eigenvalue weighted by molar-refractivity contribution is 0.495. The first-order valence-corrected chi connectivity index (χ1v) is 9.56. The minimum Gasteiger partial charge on any atom is -0.439 e. The summed E-state index contributed by atoms with van der Waals surface area (Å²) in [5, 5.41) is 0. The molecule has 2 aromatic heterocycles. The van der Waals surface area contributed by atoms with Crippen molar-refractivity contribution in [3.63, 3.8) is 0 Å². The van der Waals surface area contributed by atoms with Gasteiger partial charge in [0.05, 0.1) is 24.5 Å². The van der Waals surface area contributed by atoms with E-state index in [1.807, 2.05) is 30.3 Å². The smallest absolute Gasteiger partial charge is 0.243 e. The van der Waals surface area contributed by atoms with Crippen LogP contribution in [-0.2, 0) is 16.6 Å². The molecule has 0 spiro atoms. The molecular weight excluding hydrogens is 360 g/mol. The van der Waals surface area contributed by atoms with Crippen molar-refractivity contribution in [1.82, 2.24) is 18.5 Å². The van der Waals surface area contributed by atoms with E-state index in [1.165, 1.54) is 6.07 Å². The van der Waals surface area contributed by atoms with E-state index in [2.05, 4.69) is 18.5 Å². The summed E-state index contributed by atoms with van der Waals surface area (Å²) < 4.78 is 41.3. The van der Waals surface area contributed by atoms with E-state index in [9.17, 15) is 8.42 Å². The van der Waals surface area contributed by atoms with Crippen LogP contribution < -0.4 is 4.72 Å². The zero-order valence-electron chi connectivity index (χ0n) is 12.8. The van der Waals surface area contributed by atoms with Crippen molar-refractivity contribution in [1.29, 1.82) is 0 Å². The monoisotopic (exact) mass is 372 g/mol. The van der Waals surface area contributed by atoms with Gasteiger partial charge in [0, 0.05) is 5.56 Å². The maximum atomic E-state index is 12.6. The molecule has 0 aliphatic rings. The van der Waals surface area contributed by atoms with E-state index in [4.69, 9.17) is 4.42 Å². The minimum absolute atomic E-state index is 0.0525. The summed E-state index contributed by atoms with van der Waals surface area (Å²) in [5.74, 6) is 0.867. The van der Waals surface area contributed by atoms with Gasteiger partial charge >= 0.3 is 0 Å². The molecule has 9 heteroatoms. The van der Waals surface area contributed by atoms with E-state index in [1.54, 1.807) is 18.3 Å². The molecule has 2 aromatic carbocycles. The summed E-state index contributed by atoms with van der Waals surface area (Å²) in [7, 11) is -3.76. The molecule has 0 bridgehead atoms. The highest BCUT2D eigenvalue weighted by Crippen LogP contribution is 2.22. The number of sulfonamides is 1. The summed E-state index contributed by atoms with van der Waals surface area (Å²) in [6.45, 7) is -0.0525. The fourth-order valence-corrected chi connectivity index (χ4v) is 4.10. The van der Waals surface area contributed by atoms with Gasteiger partial charge in [-0.1, -0.05) is 36.4 Å². The molecule has 0 atom stereocenters. The van der Waals surface area contributed by atoms with E-state index in [-0.39, 0.29) is 17.3 Å². The molecule has 2 heterocycles. The van der Waals surface area contributed by atoms with Gasteiger partial charge in [-0.2, -0.15) is 8.75 Å². The van der Waals surface area contributed by atoms with Crippen molar-refractivity contribution in [2.75, 3.05) is 0 Å². The molecule has 0 saturated heterocycles. The van der Waals surface area contributed by atoms with Crippen LogP contribution in [-0.4, -0.2) is 22.1 Å². The van der Waals surface area contributed by atoms with Gasteiger partial charge in [0.1, 0.15) is 15.9 Å². The quantitative estimate of drug-likeness (QED) is 0.578. The van der Waals surface area contributed by atoms with E-state index in [0.717, 1.165) is 17.3 Å². The Hall–Kier alpha value is -2.62. The second kappa shape index (κ2) is 6.36. The largest absolute Gasteiger partial charge is 0.439 e. The van der Waals surface area contributed by atoms with Crippen LogP contribution in [0.2, 0.25) is 0 Å². The lowest BCUT2D eigenvalue weighted by Gasteiger charge is -2.05. The third-order valence-electron chi connectivity index (χ3n) is 3.56. The van der Waals surface area contributed by atoms with Crippen molar-refractivity contribution in [3.05, 3.63) is 60.6 Å². The number of hydrogen-bond acceptors (Lipinski definition) is 7. The summed E-state index contributed by atoms with van der Waals surface area (Å²) in [6, 6.07) is 14.3. The van der Waals surface area contributed by atoms with E-state index < -0.39 is 10.0 Å². The Morgan fingerprint density at radius 2 is 1.88 bits per heavy atom. The Labute approximate surface area is 147 Å². The van der Waals surface area contributed by atoms with Crippen molar-refractivity contribution in [3.8, 4) is 11.3 Å². The molecule has 0 amide bonds. The van der Waals surface area contributed by atoms with Crippen LogP contribution in [0.5, 0.6) is 0 Å². The zero-order chi connectivity index (χ0) is 17.3. The standard InChI is InChI=1S/C16H12N4O3S2/c21-25(22,14-8-4-7-12-16(14)20-24-19-12)18-10-15-17-9-13(23-15)11-5-2-1-3-6-11/h1-9,18H,10H2. The predicted molar refractivity (Wildman–Crippen MR) is 93.4 cm³/mol. The highest BCUT2D eigenvalue weighted by molar-refractivity contribution is 7.89. The first-order chi connectivity index (χ1) is 12.1. The molecule has 126 valence electrons. The molecule has 4 aromatic rings. The number of nitrogens with one attached hydrogen (secondary N) is 1. The first-order valence-electron chi connectivity index (χ1n) is 7.34. The van der Waals surface area contributed by atoms with Crippen LogP contribution in [0, 0.1) is 0 Å². The van der Waals surface area contributed by atoms with Crippen LogP contribution >= 0.6 is 11.7 Å². The van der Waals surface area contributed by atoms with Gasteiger partial charge in [-0.3, -0.25) is 0 Å². The molecule has 0 unspecified atom stereocenters. The molecule has 0 fully saturated rings. The summed E-state index contributed by atoms with van der Waals surface area (Å²) in [4.78, 5) is 4.21. The highest BCUT2D eigenvalue weighted by Gasteiger charge is 2.20. The SMILES string of the molecule is O=S(=O)(NCc1ncc(-c2ccccc2)o1)c1cccc2nsnc12. The maximum Gasteiger partial charge on any atom is 0.243 e. The summed E-state index contributed by atoms with van der Waals surface area (Å²) in [6.07, 6.45) is 1.57. The Bertz CT molecular complexity index is 1120. The van der Waals surface area contributed by atoms with Crippen LogP contribution in [0.4, 0.5) is 0 Å². The topological polar surface area (TPSA) is 98.0 Å². The Morgan fingerprint density at radius 3 is 2.72 bits per heavy atom. The molecule has 7 nitrogen and oxygen atoms in total. The molecule has 1 N–H and O–H groups in total. The summed E-state index contributed by atoms with van der Waals surface area (Å²) in [5.41, 5.74) is 1.79. The average Bonchev–Trinajstić information content (AvgIpc) is 3.29. The Morgan fingerprint density at radius 1 is 1.04 bits per heavy atom. The number of hydrogen-bond donors (Lipinski definition) is 1. The molecule has 0 aliphatic heterocycles. The van der Waals surface area contributed by atoms with Crippen LogP contribution in [0.15, 0.2) is 64.0 Å². The first kappa shape index (κ1) is 15.9. The number of fused-ring (bicyclic) bond motifs is 1. The van der Waals surface area contributed by atoms with Gasteiger partial charge < -0.3 is 4.42 Å². The van der Waals surface area contributed by atoms with Crippen LogP contribution in [0.25, 0.3) is 22.4 Å². The lowest BCUT2D eigenvalue weighted by Crippen LogP contribution is -2.23. The molecule has 0 saturated carbocycles. The molecule has 0 radical (unpaired) electrons. The van der Waals surface area contributed by atoms with Crippen LogP contribution in [0.3, 0.4) is 0 Å². The van der Waals surface area contributed by atoms with Crippen molar-refractivity contribution < 1.29 is 12.8 Å². The number of benzene rings is 2. The van der Waals surface area contributed by atoms with E-state index >= 15 is 0 Å². The second-order valence-electron chi connectivity index (χ2n) is 5.20. The third-order valence-corrected chi connectivity index (χ3v) is 5.54. The third kappa shape index (κ3) is 3.16. The van der Waals surface area contributed by atoms with Gasteiger partial charge in [0.15, 0.2) is 5.76 Å². The van der Waals surface area contributed by atoms with Gasteiger partial charge in [-0.05, 0) is 12.1 Å². The molecule has 25 heavy (non-hydrogen) atoms. The minimum atomic E-state index is -3.76. The zero-order valence-corrected chi connectivity index (χ0v) is 14.4. The second-order valence-corrected chi connectivity index (χ2v) is 7.46. The lowest BCUT2D eigenvalue weighted by atomic mass is 10.2. The number of aromatic nitrogens is 3. The maximum absolute atomic E-state index is 12.6. The number of nitrogens with zero attached hydrogens (tertiary/aromatic N) is 3. The normalized spacial score (nSPS) is 11.8. The highest BCUT2D eigenvalue weighted by atomic mass is 32.2. The molecular formula is C16H12N4O3S2. The molecule has 0 aliphatic carbocycles. The average molecular weight is 372 g/mol. The summed E-state index contributed by atoms with van der Waals surface area (Å²) >= 11 is 0.975. The van der Waals surface area contributed by atoms with Crippen molar-refractivity contribution >= 4 is 32.8 Å². The van der Waals surface area contributed by atoms with E-state index in [0.29, 0.717) is 16.8 Å². The predicted octanol–water partition coefficient (Wildman–Crippen LogP) is 2.82. The van der Waals surface area contributed by atoms with Gasteiger partial charge in [-0.15, -0.1) is 0 Å². The number of oxazole rings is 1. The molecule has 4 rings (SSSR count). The van der Waals surface area contributed by atoms with Gasteiger partial charge in [0.2, 0.25) is 15.9 Å². The van der Waals surface area contributed by atoms with Crippen LogP contribution in [0.1, 0.15) is 5.89 Å². The van der Waals surface area contributed by atoms with Gasteiger partial charge in [-0.25, -0.2) is 18.1 Å². The fraction of sp³-hybridized carbons (Fsp3) is 0.0625. The van der Waals surface area contributed by atoms with Crippen molar-refractivity contribution in [2.24, 2.45) is 0 Å².